The molecule has 0 bridgehead atoms. The molecule has 3 aromatic heterocycles. The van der Waals surface area contributed by atoms with E-state index in [1.165, 1.54) is 6.92 Å². The minimum Gasteiger partial charge on any atom is -0.351 e. The molecule has 0 fully saturated rings. The molecule has 1 amide bonds. The van der Waals surface area contributed by atoms with Crippen LogP contribution in [-0.4, -0.2) is 36.5 Å². The van der Waals surface area contributed by atoms with E-state index in [1.807, 2.05) is 29.8 Å². The van der Waals surface area contributed by atoms with Gasteiger partial charge >= 0.3 is 0 Å². The Morgan fingerprint density at radius 3 is 2.93 bits per heavy atom. The summed E-state index contributed by atoms with van der Waals surface area (Å²) in [7, 11) is 0. The SMILES string of the molecule is CC(=O)NCc1cc2n(n1)CCN(Cc1cc(=O)n3cccc(C)c3n1)C2. The van der Waals surface area contributed by atoms with Gasteiger partial charge in [0.25, 0.3) is 5.56 Å². The van der Waals surface area contributed by atoms with Crippen LogP contribution in [0.5, 0.6) is 0 Å². The van der Waals surface area contributed by atoms with E-state index in [0.29, 0.717) is 18.7 Å². The van der Waals surface area contributed by atoms with Crippen molar-refractivity contribution < 1.29 is 4.79 Å². The molecular formula is C19H22N6O2. The van der Waals surface area contributed by atoms with E-state index >= 15 is 0 Å². The summed E-state index contributed by atoms with van der Waals surface area (Å²) in [4.78, 5) is 30.4. The molecule has 0 saturated carbocycles. The van der Waals surface area contributed by atoms with Crippen molar-refractivity contribution in [2.24, 2.45) is 0 Å². The van der Waals surface area contributed by atoms with Gasteiger partial charge in [-0.1, -0.05) is 6.07 Å². The quantitative estimate of drug-likeness (QED) is 0.740. The number of aromatic nitrogens is 4. The van der Waals surface area contributed by atoms with Crippen molar-refractivity contribution in [3.8, 4) is 0 Å². The van der Waals surface area contributed by atoms with Gasteiger partial charge in [-0.15, -0.1) is 0 Å². The highest BCUT2D eigenvalue weighted by Gasteiger charge is 2.19. The minimum atomic E-state index is -0.0634. The number of nitrogens with one attached hydrogen (secondary N) is 1. The first-order valence-electron chi connectivity index (χ1n) is 9.00. The summed E-state index contributed by atoms with van der Waals surface area (Å²) in [6.45, 7) is 6.87. The molecule has 4 heterocycles. The molecule has 8 nitrogen and oxygen atoms in total. The van der Waals surface area contributed by atoms with E-state index in [-0.39, 0.29) is 11.5 Å². The van der Waals surface area contributed by atoms with Crippen LogP contribution in [-0.2, 0) is 31.0 Å². The molecular weight excluding hydrogens is 344 g/mol. The zero-order chi connectivity index (χ0) is 19.0. The lowest BCUT2D eigenvalue weighted by Crippen LogP contribution is -2.34. The Kier molecular flexibility index (Phi) is 4.49. The van der Waals surface area contributed by atoms with Crippen molar-refractivity contribution in [2.45, 2.75) is 40.0 Å². The molecule has 0 aliphatic carbocycles. The predicted molar refractivity (Wildman–Crippen MR) is 100 cm³/mol. The number of rotatable bonds is 4. The van der Waals surface area contributed by atoms with E-state index in [4.69, 9.17) is 4.98 Å². The average molecular weight is 366 g/mol. The van der Waals surface area contributed by atoms with Gasteiger partial charge in [0.05, 0.1) is 30.2 Å². The van der Waals surface area contributed by atoms with Crippen molar-refractivity contribution in [1.82, 2.24) is 29.4 Å². The van der Waals surface area contributed by atoms with Gasteiger partial charge in [-0.2, -0.15) is 5.10 Å². The highest BCUT2D eigenvalue weighted by Crippen LogP contribution is 2.16. The number of fused-ring (bicyclic) bond motifs is 2. The first-order valence-corrected chi connectivity index (χ1v) is 9.00. The number of aryl methyl sites for hydroxylation is 1. The Morgan fingerprint density at radius 1 is 1.26 bits per heavy atom. The molecule has 4 rings (SSSR count). The Morgan fingerprint density at radius 2 is 2.11 bits per heavy atom. The van der Waals surface area contributed by atoms with E-state index in [1.54, 1.807) is 16.7 Å². The lowest BCUT2D eigenvalue weighted by atomic mass is 10.2. The van der Waals surface area contributed by atoms with E-state index in [0.717, 1.165) is 42.3 Å². The van der Waals surface area contributed by atoms with Gasteiger partial charge in [0.1, 0.15) is 5.65 Å². The zero-order valence-electron chi connectivity index (χ0n) is 15.5. The highest BCUT2D eigenvalue weighted by atomic mass is 16.1. The van der Waals surface area contributed by atoms with E-state index in [2.05, 4.69) is 15.3 Å². The van der Waals surface area contributed by atoms with Gasteiger partial charge in [0.15, 0.2) is 0 Å². The summed E-state index contributed by atoms with van der Waals surface area (Å²) in [6, 6.07) is 7.45. The number of carbonyl (C=O) groups excluding carboxylic acids is 1. The second-order valence-corrected chi connectivity index (χ2v) is 6.94. The van der Waals surface area contributed by atoms with Gasteiger partial charge in [-0.05, 0) is 24.6 Å². The van der Waals surface area contributed by atoms with Crippen LogP contribution in [0.25, 0.3) is 5.65 Å². The standard InChI is InChI=1S/C19H22N6O2/c1-13-4-3-5-24-18(27)9-16(21-19(13)24)11-23-6-7-25-17(12-23)8-15(22-25)10-20-14(2)26/h3-5,8-9H,6-7,10-12H2,1-2H3,(H,20,26). The van der Waals surface area contributed by atoms with Crippen molar-refractivity contribution in [2.75, 3.05) is 6.54 Å². The van der Waals surface area contributed by atoms with Crippen LogP contribution in [0.15, 0.2) is 35.3 Å². The Bertz CT molecular complexity index is 1070. The third-order valence-corrected chi connectivity index (χ3v) is 4.77. The number of amides is 1. The molecule has 0 atom stereocenters. The largest absolute Gasteiger partial charge is 0.351 e. The summed E-state index contributed by atoms with van der Waals surface area (Å²) >= 11 is 0. The van der Waals surface area contributed by atoms with Crippen LogP contribution in [0.4, 0.5) is 0 Å². The summed E-state index contributed by atoms with van der Waals surface area (Å²) < 4.78 is 3.57. The maximum Gasteiger partial charge on any atom is 0.258 e. The van der Waals surface area contributed by atoms with Crippen LogP contribution in [0, 0.1) is 6.92 Å². The fraction of sp³-hybridized carbons (Fsp3) is 0.368. The number of pyridine rings is 1. The van der Waals surface area contributed by atoms with Gasteiger partial charge in [-0.3, -0.25) is 23.6 Å². The van der Waals surface area contributed by atoms with E-state index < -0.39 is 0 Å². The minimum absolute atomic E-state index is 0.0571. The van der Waals surface area contributed by atoms with Crippen LogP contribution in [0.1, 0.15) is 29.6 Å². The van der Waals surface area contributed by atoms with Crippen molar-refractivity contribution in [3.05, 3.63) is 63.5 Å². The topological polar surface area (TPSA) is 84.5 Å². The highest BCUT2D eigenvalue weighted by molar-refractivity contribution is 5.72. The Hall–Kier alpha value is -3.00. The van der Waals surface area contributed by atoms with Crippen molar-refractivity contribution >= 4 is 11.6 Å². The smallest absolute Gasteiger partial charge is 0.258 e. The molecule has 1 N–H and O–H groups in total. The molecule has 8 heteroatoms. The summed E-state index contributed by atoms with van der Waals surface area (Å²) in [5, 5.41) is 7.31. The monoisotopic (exact) mass is 366 g/mol. The number of nitrogens with zero attached hydrogens (tertiary/aromatic N) is 5. The van der Waals surface area contributed by atoms with Crippen LogP contribution >= 0.6 is 0 Å². The molecule has 27 heavy (non-hydrogen) atoms. The molecule has 0 radical (unpaired) electrons. The summed E-state index contributed by atoms with van der Waals surface area (Å²) in [6.07, 6.45) is 1.75. The van der Waals surface area contributed by atoms with Crippen molar-refractivity contribution in [1.29, 1.82) is 0 Å². The molecule has 3 aromatic rings. The first kappa shape index (κ1) is 17.4. The van der Waals surface area contributed by atoms with Crippen LogP contribution in [0.2, 0.25) is 0 Å². The lowest BCUT2D eigenvalue weighted by Gasteiger charge is -2.27. The third kappa shape index (κ3) is 3.61. The lowest BCUT2D eigenvalue weighted by molar-refractivity contribution is -0.119. The normalized spacial score (nSPS) is 14.3. The fourth-order valence-electron chi connectivity index (χ4n) is 3.44. The fourth-order valence-corrected chi connectivity index (χ4v) is 3.44. The number of hydrogen-bond acceptors (Lipinski definition) is 5. The second kappa shape index (κ2) is 6.96. The second-order valence-electron chi connectivity index (χ2n) is 6.94. The summed E-state index contributed by atoms with van der Waals surface area (Å²) in [5.41, 5.74) is 4.38. The molecule has 1 aliphatic heterocycles. The Labute approximate surface area is 156 Å². The average Bonchev–Trinajstić information content (AvgIpc) is 3.03. The maximum absolute atomic E-state index is 12.4. The van der Waals surface area contributed by atoms with Gasteiger partial charge in [0, 0.05) is 38.8 Å². The number of carbonyl (C=O) groups is 1. The first-order chi connectivity index (χ1) is 13.0. The molecule has 0 aromatic carbocycles. The maximum atomic E-state index is 12.4. The van der Waals surface area contributed by atoms with Gasteiger partial charge in [0.2, 0.25) is 5.91 Å². The third-order valence-electron chi connectivity index (χ3n) is 4.77. The number of hydrogen-bond donors (Lipinski definition) is 1. The van der Waals surface area contributed by atoms with Gasteiger partial charge in [-0.25, -0.2) is 4.98 Å². The predicted octanol–water partition coefficient (Wildman–Crippen LogP) is 0.851. The Balaban J connectivity index is 1.52. The van der Waals surface area contributed by atoms with E-state index in [9.17, 15) is 9.59 Å². The molecule has 0 unspecified atom stereocenters. The van der Waals surface area contributed by atoms with Gasteiger partial charge < -0.3 is 5.32 Å². The molecule has 1 aliphatic rings. The molecule has 0 saturated heterocycles. The molecule has 140 valence electrons. The van der Waals surface area contributed by atoms with Crippen LogP contribution in [0.3, 0.4) is 0 Å². The molecule has 0 spiro atoms. The zero-order valence-corrected chi connectivity index (χ0v) is 15.5. The van der Waals surface area contributed by atoms with Crippen molar-refractivity contribution in [3.63, 3.8) is 0 Å². The summed E-state index contributed by atoms with van der Waals surface area (Å²) in [5.74, 6) is -0.0634. The van der Waals surface area contributed by atoms with Crippen LogP contribution < -0.4 is 10.9 Å².